The fourth-order valence-electron chi connectivity index (χ4n) is 1.70. The first-order valence-electron chi connectivity index (χ1n) is 7.44. The molecule has 0 bridgehead atoms. The maximum atomic E-state index is 11.8. The molecule has 1 heterocycles. The molecule has 126 valence electrons. The molecule has 0 fully saturated rings. The highest BCUT2D eigenvalue weighted by atomic mass is 16.6. The zero-order valence-electron chi connectivity index (χ0n) is 13.8. The van der Waals surface area contributed by atoms with Gasteiger partial charge in [-0.2, -0.15) is 0 Å². The largest absolute Gasteiger partial charge is 0.492 e. The number of esters is 2. The quantitative estimate of drug-likeness (QED) is 0.340. The zero-order chi connectivity index (χ0) is 17.2. The lowest BCUT2D eigenvalue weighted by molar-refractivity contribution is -0.146. The summed E-state index contributed by atoms with van der Waals surface area (Å²) in [6.45, 7) is 7.88. The van der Waals surface area contributed by atoms with Crippen molar-refractivity contribution in [1.82, 2.24) is 4.98 Å². The zero-order valence-corrected chi connectivity index (χ0v) is 13.8. The van der Waals surface area contributed by atoms with Gasteiger partial charge in [-0.3, -0.25) is 0 Å². The first kappa shape index (κ1) is 18.5. The molecule has 0 atom stereocenters. The van der Waals surface area contributed by atoms with Gasteiger partial charge in [0.15, 0.2) is 5.57 Å². The Morgan fingerprint density at radius 2 is 1.70 bits per heavy atom. The Balaban J connectivity index is 2.93. The van der Waals surface area contributed by atoms with E-state index < -0.39 is 11.9 Å². The monoisotopic (exact) mass is 322 g/mol. The molecule has 1 N–H and O–H groups in total. The molecule has 0 saturated heterocycles. The molecule has 0 unspecified atom stereocenters. The average molecular weight is 322 g/mol. The maximum Gasteiger partial charge on any atom is 0.347 e. The average Bonchev–Trinajstić information content (AvgIpc) is 2.51. The number of nitrogens with zero attached hydrogens (tertiary/aromatic N) is 1. The summed E-state index contributed by atoms with van der Waals surface area (Å²) < 4.78 is 15.1. The van der Waals surface area contributed by atoms with E-state index in [1.165, 1.54) is 6.20 Å². The molecule has 0 radical (unpaired) electrons. The van der Waals surface area contributed by atoms with E-state index in [0.29, 0.717) is 23.9 Å². The number of hydrogen-bond donors (Lipinski definition) is 1. The van der Waals surface area contributed by atoms with E-state index in [1.54, 1.807) is 32.9 Å². The van der Waals surface area contributed by atoms with Crippen LogP contribution in [0.4, 0.5) is 5.82 Å². The summed E-state index contributed by atoms with van der Waals surface area (Å²) in [5.74, 6) is -0.350. The van der Waals surface area contributed by atoms with Gasteiger partial charge < -0.3 is 19.5 Å². The minimum absolute atomic E-state index is 0.163. The molecule has 7 nitrogen and oxygen atoms in total. The van der Waals surface area contributed by atoms with Crippen LogP contribution in [0.2, 0.25) is 0 Å². The molecule has 7 heteroatoms. The smallest absolute Gasteiger partial charge is 0.347 e. The first-order chi connectivity index (χ1) is 11.0. The van der Waals surface area contributed by atoms with E-state index in [9.17, 15) is 9.59 Å². The van der Waals surface area contributed by atoms with Gasteiger partial charge in [0.2, 0.25) is 0 Å². The molecule has 0 saturated carbocycles. The van der Waals surface area contributed by atoms with E-state index in [4.69, 9.17) is 14.2 Å². The lowest BCUT2D eigenvalue weighted by Gasteiger charge is -2.09. The molecule has 0 aromatic carbocycles. The van der Waals surface area contributed by atoms with Crippen LogP contribution in [0.15, 0.2) is 23.9 Å². The number of rotatable bonds is 8. The second-order valence-electron chi connectivity index (χ2n) is 4.36. The van der Waals surface area contributed by atoms with Gasteiger partial charge in [-0.1, -0.05) is 0 Å². The third-order valence-electron chi connectivity index (χ3n) is 2.69. The van der Waals surface area contributed by atoms with Crippen molar-refractivity contribution in [1.29, 1.82) is 0 Å². The van der Waals surface area contributed by atoms with E-state index in [-0.39, 0.29) is 18.8 Å². The Kier molecular flexibility index (Phi) is 7.59. The number of nitrogens with one attached hydrogen (secondary N) is 1. The van der Waals surface area contributed by atoms with Crippen molar-refractivity contribution in [2.75, 3.05) is 25.1 Å². The van der Waals surface area contributed by atoms with Crippen LogP contribution >= 0.6 is 0 Å². The number of anilines is 1. The van der Waals surface area contributed by atoms with Gasteiger partial charge in [0, 0.05) is 6.20 Å². The third-order valence-corrected chi connectivity index (χ3v) is 2.69. The van der Waals surface area contributed by atoms with Crippen LogP contribution in [0, 0.1) is 6.92 Å². The second kappa shape index (κ2) is 9.45. The topological polar surface area (TPSA) is 86.8 Å². The highest BCUT2D eigenvalue weighted by Crippen LogP contribution is 2.18. The van der Waals surface area contributed by atoms with Crippen molar-refractivity contribution in [2.24, 2.45) is 0 Å². The minimum Gasteiger partial charge on any atom is -0.492 e. The van der Waals surface area contributed by atoms with Crippen LogP contribution < -0.4 is 10.1 Å². The number of ether oxygens (including phenoxy) is 3. The highest BCUT2D eigenvalue weighted by Gasteiger charge is 2.21. The Bertz CT molecular complexity index is 564. The number of pyridine rings is 1. The van der Waals surface area contributed by atoms with Crippen LogP contribution in [-0.4, -0.2) is 36.7 Å². The van der Waals surface area contributed by atoms with Crippen molar-refractivity contribution in [3.8, 4) is 5.75 Å². The summed E-state index contributed by atoms with van der Waals surface area (Å²) in [7, 11) is 0. The molecule has 23 heavy (non-hydrogen) atoms. The second-order valence-corrected chi connectivity index (χ2v) is 4.36. The number of carbonyl (C=O) groups is 2. The molecule has 0 aliphatic rings. The third kappa shape index (κ3) is 5.61. The van der Waals surface area contributed by atoms with E-state index in [2.05, 4.69) is 10.3 Å². The Hall–Kier alpha value is -2.57. The SMILES string of the molecule is CCOC(=O)C(=CNc1ccc(OCC)c(C)n1)C(=O)OCC. The number of aromatic nitrogens is 1. The van der Waals surface area contributed by atoms with Gasteiger partial charge in [0.1, 0.15) is 11.6 Å². The van der Waals surface area contributed by atoms with Crippen LogP contribution in [-0.2, 0) is 19.1 Å². The first-order valence-corrected chi connectivity index (χ1v) is 7.44. The standard InChI is InChI=1S/C16H22N2O5/c1-5-21-13-8-9-14(18-11(13)4)17-10-12(15(19)22-6-2)16(20)23-7-3/h8-10H,5-7H2,1-4H3,(H,17,18). The van der Waals surface area contributed by atoms with Gasteiger partial charge >= 0.3 is 11.9 Å². The van der Waals surface area contributed by atoms with Crippen LogP contribution in [0.25, 0.3) is 0 Å². The summed E-state index contributed by atoms with van der Waals surface area (Å²) in [6, 6.07) is 3.44. The maximum absolute atomic E-state index is 11.8. The number of hydrogen-bond acceptors (Lipinski definition) is 7. The van der Waals surface area contributed by atoms with Crippen molar-refractivity contribution >= 4 is 17.8 Å². The van der Waals surface area contributed by atoms with Crippen LogP contribution in [0.1, 0.15) is 26.5 Å². The molecular formula is C16H22N2O5. The number of carbonyl (C=O) groups excluding carboxylic acids is 2. The van der Waals surface area contributed by atoms with Gasteiger partial charge in [0.25, 0.3) is 0 Å². The predicted molar refractivity (Wildman–Crippen MR) is 85.1 cm³/mol. The summed E-state index contributed by atoms with van der Waals surface area (Å²) in [6.07, 6.45) is 1.23. The summed E-state index contributed by atoms with van der Waals surface area (Å²) in [4.78, 5) is 27.9. The van der Waals surface area contributed by atoms with Gasteiger partial charge in [-0.25, -0.2) is 14.6 Å². The molecule has 1 rings (SSSR count). The van der Waals surface area contributed by atoms with E-state index >= 15 is 0 Å². The van der Waals surface area contributed by atoms with Crippen LogP contribution in [0.5, 0.6) is 5.75 Å². The predicted octanol–water partition coefficient (Wildman–Crippen LogP) is 2.21. The van der Waals surface area contributed by atoms with Crippen molar-refractivity contribution in [3.63, 3.8) is 0 Å². The molecule has 1 aromatic rings. The summed E-state index contributed by atoms with van der Waals surface area (Å²) in [5.41, 5.74) is 0.473. The minimum atomic E-state index is -0.749. The van der Waals surface area contributed by atoms with E-state index in [0.717, 1.165) is 0 Å². The normalized spacial score (nSPS) is 9.74. The molecule has 0 aliphatic carbocycles. The highest BCUT2D eigenvalue weighted by molar-refractivity contribution is 6.14. The van der Waals surface area contributed by atoms with Crippen molar-refractivity contribution in [3.05, 3.63) is 29.6 Å². The molecule has 0 amide bonds. The Morgan fingerprint density at radius 1 is 1.09 bits per heavy atom. The summed E-state index contributed by atoms with van der Waals surface area (Å²) >= 11 is 0. The molecular weight excluding hydrogens is 300 g/mol. The number of aryl methyl sites for hydroxylation is 1. The molecule has 0 aliphatic heterocycles. The Morgan fingerprint density at radius 3 is 2.17 bits per heavy atom. The van der Waals surface area contributed by atoms with Gasteiger partial charge in [-0.15, -0.1) is 0 Å². The van der Waals surface area contributed by atoms with Crippen molar-refractivity contribution < 1.29 is 23.8 Å². The van der Waals surface area contributed by atoms with Gasteiger partial charge in [0.05, 0.1) is 25.5 Å². The fraction of sp³-hybridized carbons (Fsp3) is 0.438. The lowest BCUT2D eigenvalue weighted by Crippen LogP contribution is -2.19. The van der Waals surface area contributed by atoms with Gasteiger partial charge in [-0.05, 0) is 39.8 Å². The Labute approximate surface area is 135 Å². The summed E-state index contributed by atoms with van der Waals surface area (Å²) in [5, 5.41) is 2.80. The van der Waals surface area contributed by atoms with E-state index in [1.807, 2.05) is 6.92 Å². The molecule has 0 spiro atoms. The van der Waals surface area contributed by atoms with Crippen molar-refractivity contribution in [2.45, 2.75) is 27.7 Å². The molecule has 1 aromatic heterocycles. The van der Waals surface area contributed by atoms with Crippen LogP contribution in [0.3, 0.4) is 0 Å². The lowest BCUT2D eigenvalue weighted by atomic mass is 10.3. The fourth-order valence-corrected chi connectivity index (χ4v) is 1.70.